The molecule has 2 aromatic heterocycles. The monoisotopic (exact) mass is 364 g/mol. The van der Waals surface area contributed by atoms with Crippen LogP contribution in [-0.2, 0) is 4.79 Å². The van der Waals surface area contributed by atoms with Crippen LogP contribution in [0.1, 0.15) is 30.8 Å². The standard InChI is InChI=1S/C11H11BrF2N4OS/c1-5-7(12)8(9(13)14)17-18(5)6(2)10(19)16-11-15-3-4-20-11/h3-4,6,9H,1-2H3,(H,15,16,19)/t6-/m0/s1. The first-order valence-corrected chi connectivity index (χ1v) is 7.32. The van der Waals surface area contributed by atoms with Gasteiger partial charge in [0.2, 0.25) is 0 Å². The van der Waals surface area contributed by atoms with Crippen molar-refractivity contribution in [3.05, 3.63) is 27.4 Å². The lowest BCUT2D eigenvalue weighted by molar-refractivity contribution is -0.119. The van der Waals surface area contributed by atoms with Gasteiger partial charge in [0.1, 0.15) is 11.7 Å². The Morgan fingerprint density at radius 1 is 1.55 bits per heavy atom. The summed E-state index contributed by atoms with van der Waals surface area (Å²) >= 11 is 4.35. The van der Waals surface area contributed by atoms with E-state index >= 15 is 0 Å². The second-order valence-corrected chi connectivity index (χ2v) is 5.72. The van der Waals surface area contributed by atoms with E-state index in [0.29, 0.717) is 10.8 Å². The van der Waals surface area contributed by atoms with Crippen molar-refractivity contribution in [3.8, 4) is 0 Å². The summed E-state index contributed by atoms with van der Waals surface area (Å²) in [6.45, 7) is 3.21. The molecule has 2 heterocycles. The van der Waals surface area contributed by atoms with Crippen LogP contribution < -0.4 is 5.32 Å². The van der Waals surface area contributed by atoms with Crippen LogP contribution in [0.5, 0.6) is 0 Å². The van der Waals surface area contributed by atoms with E-state index in [-0.39, 0.29) is 16.1 Å². The van der Waals surface area contributed by atoms with Gasteiger partial charge in [-0.05, 0) is 29.8 Å². The molecule has 2 aromatic rings. The Kier molecular flexibility index (Phi) is 4.48. The summed E-state index contributed by atoms with van der Waals surface area (Å²) in [4.78, 5) is 16.0. The fourth-order valence-corrected chi connectivity index (χ4v) is 2.61. The molecule has 0 saturated carbocycles. The summed E-state index contributed by atoms with van der Waals surface area (Å²) < 4.78 is 27.0. The van der Waals surface area contributed by atoms with Gasteiger partial charge in [-0.3, -0.25) is 9.48 Å². The number of rotatable bonds is 4. The lowest BCUT2D eigenvalue weighted by Gasteiger charge is -2.13. The molecule has 0 saturated heterocycles. The van der Waals surface area contributed by atoms with Gasteiger partial charge in [-0.25, -0.2) is 13.8 Å². The fraction of sp³-hybridized carbons (Fsp3) is 0.364. The molecule has 0 fully saturated rings. The number of hydrogen-bond acceptors (Lipinski definition) is 4. The molecule has 0 radical (unpaired) electrons. The SMILES string of the molecule is Cc1c(Br)c(C(F)F)nn1[C@@H](C)C(=O)Nc1nccs1. The van der Waals surface area contributed by atoms with Crippen LogP contribution in [0.3, 0.4) is 0 Å². The number of thiazole rings is 1. The smallest absolute Gasteiger partial charge is 0.283 e. The maximum absolute atomic E-state index is 12.8. The van der Waals surface area contributed by atoms with Gasteiger partial charge in [0.25, 0.3) is 12.3 Å². The van der Waals surface area contributed by atoms with E-state index in [0.717, 1.165) is 0 Å². The second-order valence-electron chi connectivity index (χ2n) is 4.03. The molecule has 0 spiro atoms. The number of nitrogens with zero attached hydrogens (tertiary/aromatic N) is 3. The molecule has 0 bridgehead atoms. The van der Waals surface area contributed by atoms with E-state index in [4.69, 9.17) is 0 Å². The third-order valence-electron chi connectivity index (χ3n) is 2.72. The molecule has 0 aliphatic carbocycles. The fourth-order valence-electron chi connectivity index (χ4n) is 1.64. The predicted molar refractivity (Wildman–Crippen MR) is 75.1 cm³/mol. The molecule has 1 atom stereocenters. The van der Waals surface area contributed by atoms with Crippen molar-refractivity contribution in [2.75, 3.05) is 5.32 Å². The zero-order valence-corrected chi connectivity index (χ0v) is 13.0. The lowest BCUT2D eigenvalue weighted by atomic mass is 10.3. The van der Waals surface area contributed by atoms with E-state index in [9.17, 15) is 13.6 Å². The lowest BCUT2D eigenvalue weighted by Crippen LogP contribution is -2.25. The molecule has 1 N–H and O–H groups in total. The maximum Gasteiger partial charge on any atom is 0.283 e. The van der Waals surface area contributed by atoms with Crippen LogP contribution in [0, 0.1) is 6.92 Å². The Morgan fingerprint density at radius 2 is 2.25 bits per heavy atom. The van der Waals surface area contributed by atoms with Crippen LogP contribution in [0.15, 0.2) is 16.0 Å². The zero-order chi connectivity index (χ0) is 14.9. The number of nitrogens with one attached hydrogen (secondary N) is 1. The Labute approximate surface area is 126 Å². The summed E-state index contributed by atoms with van der Waals surface area (Å²) in [6, 6.07) is -0.720. The van der Waals surface area contributed by atoms with Gasteiger partial charge < -0.3 is 5.32 Å². The molecular formula is C11H11BrF2N4OS. The zero-order valence-electron chi connectivity index (χ0n) is 10.6. The quantitative estimate of drug-likeness (QED) is 0.902. The molecule has 108 valence electrons. The molecule has 0 unspecified atom stereocenters. The molecule has 1 amide bonds. The third-order valence-corrected chi connectivity index (χ3v) is 4.39. The van der Waals surface area contributed by atoms with Crippen molar-refractivity contribution >= 4 is 38.3 Å². The second kappa shape index (κ2) is 5.96. The predicted octanol–water partition coefficient (Wildman–Crippen LogP) is 3.55. The summed E-state index contributed by atoms with van der Waals surface area (Å²) in [6.07, 6.45) is -1.13. The number of halogens is 3. The van der Waals surface area contributed by atoms with Crippen LogP contribution in [0.2, 0.25) is 0 Å². The van der Waals surface area contributed by atoms with E-state index < -0.39 is 12.5 Å². The summed E-state index contributed by atoms with van der Waals surface area (Å²) in [5.74, 6) is -0.362. The first-order valence-electron chi connectivity index (χ1n) is 5.64. The molecule has 9 heteroatoms. The molecule has 20 heavy (non-hydrogen) atoms. The van der Waals surface area contributed by atoms with Gasteiger partial charge in [0.15, 0.2) is 5.13 Å². The van der Waals surface area contributed by atoms with Crippen molar-refractivity contribution in [1.82, 2.24) is 14.8 Å². The van der Waals surface area contributed by atoms with Gasteiger partial charge in [-0.1, -0.05) is 0 Å². The Morgan fingerprint density at radius 3 is 2.75 bits per heavy atom. The minimum absolute atomic E-state index is 0.224. The first kappa shape index (κ1) is 15.0. The molecule has 0 aliphatic rings. The number of carbonyl (C=O) groups excluding carboxylic acids is 1. The number of carbonyl (C=O) groups is 1. The van der Waals surface area contributed by atoms with Crippen LogP contribution in [0.4, 0.5) is 13.9 Å². The molecule has 0 aromatic carbocycles. The van der Waals surface area contributed by atoms with E-state index in [1.165, 1.54) is 16.0 Å². The van der Waals surface area contributed by atoms with Gasteiger partial charge in [0.05, 0.1) is 10.2 Å². The van der Waals surface area contributed by atoms with Crippen molar-refractivity contribution in [2.24, 2.45) is 0 Å². The molecule has 0 aliphatic heterocycles. The number of hydrogen-bond donors (Lipinski definition) is 1. The highest BCUT2D eigenvalue weighted by atomic mass is 79.9. The summed E-state index contributed by atoms with van der Waals surface area (Å²) in [5.41, 5.74) is 0.110. The van der Waals surface area contributed by atoms with Gasteiger partial charge in [0, 0.05) is 11.6 Å². The van der Waals surface area contributed by atoms with Crippen molar-refractivity contribution in [1.29, 1.82) is 0 Å². The minimum Gasteiger partial charge on any atom is -0.300 e. The van der Waals surface area contributed by atoms with Gasteiger partial charge in [-0.15, -0.1) is 11.3 Å². The molecule has 5 nitrogen and oxygen atoms in total. The van der Waals surface area contributed by atoms with E-state index in [1.807, 2.05) is 0 Å². The average Bonchev–Trinajstić information content (AvgIpc) is 2.99. The van der Waals surface area contributed by atoms with Crippen molar-refractivity contribution < 1.29 is 13.6 Å². The number of alkyl halides is 2. The highest BCUT2D eigenvalue weighted by molar-refractivity contribution is 9.10. The van der Waals surface area contributed by atoms with Crippen LogP contribution >= 0.6 is 27.3 Å². The Hall–Kier alpha value is -1.35. The molecular weight excluding hydrogens is 354 g/mol. The first-order chi connectivity index (χ1) is 9.41. The third kappa shape index (κ3) is 2.88. The van der Waals surface area contributed by atoms with Crippen LogP contribution in [-0.4, -0.2) is 20.7 Å². The maximum atomic E-state index is 12.8. The Balaban J connectivity index is 2.22. The average molecular weight is 365 g/mol. The number of anilines is 1. The van der Waals surface area contributed by atoms with E-state index in [2.05, 4.69) is 31.3 Å². The van der Waals surface area contributed by atoms with Gasteiger partial charge >= 0.3 is 0 Å². The molecule has 2 rings (SSSR count). The Bertz CT molecular complexity index is 614. The number of aromatic nitrogens is 3. The minimum atomic E-state index is -2.70. The normalized spacial score (nSPS) is 12.7. The number of amides is 1. The highest BCUT2D eigenvalue weighted by Gasteiger charge is 2.25. The summed E-state index contributed by atoms with van der Waals surface area (Å²) in [7, 11) is 0. The highest BCUT2D eigenvalue weighted by Crippen LogP contribution is 2.30. The van der Waals surface area contributed by atoms with Crippen LogP contribution in [0.25, 0.3) is 0 Å². The van der Waals surface area contributed by atoms with E-state index in [1.54, 1.807) is 25.4 Å². The van der Waals surface area contributed by atoms with Crippen molar-refractivity contribution in [3.63, 3.8) is 0 Å². The van der Waals surface area contributed by atoms with Gasteiger partial charge in [-0.2, -0.15) is 5.10 Å². The summed E-state index contributed by atoms with van der Waals surface area (Å²) in [5, 5.41) is 8.60. The van der Waals surface area contributed by atoms with Crippen molar-refractivity contribution in [2.45, 2.75) is 26.3 Å². The largest absolute Gasteiger partial charge is 0.300 e. The topological polar surface area (TPSA) is 59.8 Å².